The van der Waals surface area contributed by atoms with Crippen LogP contribution in [0, 0.1) is 0 Å². The van der Waals surface area contributed by atoms with Crippen molar-refractivity contribution in [2.24, 2.45) is 5.73 Å². The van der Waals surface area contributed by atoms with Crippen molar-refractivity contribution in [1.29, 1.82) is 0 Å². The van der Waals surface area contributed by atoms with Gasteiger partial charge >= 0.3 is 11.9 Å². The van der Waals surface area contributed by atoms with Gasteiger partial charge in [-0.05, 0) is 38.7 Å². The van der Waals surface area contributed by atoms with Gasteiger partial charge in [0.15, 0.2) is 0 Å². The summed E-state index contributed by atoms with van der Waals surface area (Å²) in [6, 6.07) is -5.56. The van der Waals surface area contributed by atoms with Crippen LogP contribution >= 0.6 is 11.8 Å². The van der Waals surface area contributed by atoms with Crippen LogP contribution in [-0.2, 0) is 24.0 Å². The first-order valence-electron chi connectivity index (χ1n) is 9.78. The van der Waals surface area contributed by atoms with Crippen LogP contribution in [0.4, 0.5) is 0 Å². The molecule has 9 N–H and O–H groups in total. The van der Waals surface area contributed by atoms with Gasteiger partial charge in [0.1, 0.15) is 24.2 Å². The number of carbonyl (C=O) groups is 5. The van der Waals surface area contributed by atoms with Crippen LogP contribution in [0.15, 0.2) is 0 Å². The number of thioether (sulfide) groups is 1. The monoisotopic (exact) mass is 480 g/mol. The first-order valence-corrected chi connectivity index (χ1v) is 11.2. The van der Waals surface area contributed by atoms with E-state index in [0.29, 0.717) is 5.75 Å². The Bertz CT molecular complexity index is 675. The smallest absolute Gasteiger partial charge is 0.326 e. The molecule has 0 aromatic rings. The molecule has 0 radical (unpaired) electrons. The highest BCUT2D eigenvalue weighted by atomic mass is 32.2. The first kappa shape index (κ1) is 29.6. The highest BCUT2D eigenvalue weighted by molar-refractivity contribution is 7.98. The Labute approximate surface area is 189 Å². The molecular weight excluding hydrogens is 448 g/mol. The van der Waals surface area contributed by atoms with Gasteiger partial charge in [0.05, 0.1) is 12.2 Å². The van der Waals surface area contributed by atoms with Gasteiger partial charge in [-0.25, -0.2) is 4.79 Å². The minimum Gasteiger partial charge on any atom is -0.481 e. The second kappa shape index (κ2) is 14.6. The van der Waals surface area contributed by atoms with E-state index in [1.165, 1.54) is 25.6 Å². The van der Waals surface area contributed by atoms with Gasteiger partial charge in [-0.3, -0.25) is 19.2 Å². The topological polar surface area (TPSA) is 228 Å². The maximum Gasteiger partial charge on any atom is 0.326 e. The van der Waals surface area contributed by atoms with Crippen LogP contribution < -0.4 is 21.7 Å². The summed E-state index contributed by atoms with van der Waals surface area (Å²) in [5.74, 6) is -4.94. The van der Waals surface area contributed by atoms with Gasteiger partial charge in [-0.1, -0.05) is 0 Å². The molecule has 0 aromatic carbocycles. The zero-order valence-electron chi connectivity index (χ0n) is 18.1. The lowest BCUT2D eigenvalue weighted by molar-refractivity contribution is -0.143. The SMILES string of the molecule is CSCCC(NC(=O)C(NC(=O)C(N)C(C)O)C(C)O)C(=O)NC(CCC(=O)O)C(=O)O. The number of aliphatic hydroxyl groups excluding tert-OH is 2. The van der Waals surface area contributed by atoms with Gasteiger partial charge < -0.3 is 42.1 Å². The molecule has 0 rings (SSSR count). The highest BCUT2D eigenvalue weighted by Crippen LogP contribution is 2.06. The largest absolute Gasteiger partial charge is 0.481 e. The summed E-state index contributed by atoms with van der Waals surface area (Å²) < 4.78 is 0. The lowest BCUT2D eigenvalue weighted by Crippen LogP contribution is -2.60. The van der Waals surface area contributed by atoms with E-state index in [9.17, 15) is 39.3 Å². The molecule has 0 fully saturated rings. The number of nitrogens with two attached hydrogens (primary N) is 1. The molecule has 0 heterocycles. The van der Waals surface area contributed by atoms with Crippen LogP contribution in [0.3, 0.4) is 0 Å². The molecule has 184 valence electrons. The van der Waals surface area contributed by atoms with Gasteiger partial charge in [0, 0.05) is 6.42 Å². The molecule has 0 aromatic heterocycles. The number of hydrogen-bond acceptors (Lipinski definition) is 9. The third-order valence-corrected chi connectivity index (χ3v) is 5.03. The number of aliphatic hydroxyl groups is 2. The van der Waals surface area contributed by atoms with Crippen molar-refractivity contribution >= 4 is 41.4 Å². The number of hydrogen-bond donors (Lipinski definition) is 8. The Balaban J connectivity index is 5.40. The zero-order chi connectivity index (χ0) is 25.0. The Hall–Kier alpha value is -2.42. The summed E-state index contributed by atoms with van der Waals surface area (Å²) in [6.45, 7) is 2.50. The fourth-order valence-corrected chi connectivity index (χ4v) is 2.91. The Morgan fingerprint density at radius 2 is 1.41 bits per heavy atom. The van der Waals surface area contributed by atoms with Gasteiger partial charge in [-0.2, -0.15) is 11.8 Å². The van der Waals surface area contributed by atoms with Crippen molar-refractivity contribution in [1.82, 2.24) is 16.0 Å². The van der Waals surface area contributed by atoms with Crippen molar-refractivity contribution in [3.8, 4) is 0 Å². The van der Waals surface area contributed by atoms with E-state index in [2.05, 4.69) is 16.0 Å². The van der Waals surface area contributed by atoms with E-state index in [-0.39, 0.29) is 12.8 Å². The minimum atomic E-state index is -1.50. The average Bonchev–Trinajstić information content (AvgIpc) is 2.70. The van der Waals surface area contributed by atoms with Crippen LogP contribution in [0.2, 0.25) is 0 Å². The number of rotatable bonds is 15. The fourth-order valence-electron chi connectivity index (χ4n) is 2.44. The molecule has 0 bridgehead atoms. The number of aliphatic carboxylic acids is 2. The molecule has 3 amide bonds. The maximum atomic E-state index is 12.7. The normalized spacial score (nSPS) is 16.6. The van der Waals surface area contributed by atoms with E-state index in [0.717, 1.165) is 0 Å². The number of nitrogens with one attached hydrogen (secondary N) is 3. The Kier molecular flexibility index (Phi) is 13.5. The van der Waals surface area contributed by atoms with Crippen LogP contribution in [-0.4, -0.2) is 98.5 Å². The van der Waals surface area contributed by atoms with Crippen LogP contribution in [0.1, 0.15) is 33.1 Å². The lowest BCUT2D eigenvalue weighted by Gasteiger charge is -2.26. The van der Waals surface area contributed by atoms with Crippen LogP contribution in [0.5, 0.6) is 0 Å². The van der Waals surface area contributed by atoms with Crippen molar-refractivity contribution in [2.75, 3.05) is 12.0 Å². The number of carbonyl (C=O) groups excluding carboxylic acids is 3. The summed E-state index contributed by atoms with van der Waals surface area (Å²) in [5.41, 5.74) is 5.52. The Morgan fingerprint density at radius 1 is 0.844 bits per heavy atom. The summed E-state index contributed by atoms with van der Waals surface area (Å²) in [7, 11) is 0. The average molecular weight is 481 g/mol. The molecule has 32 heavy (non-hydrogen) atoms. The minimum absolute atomic E-state index is 0.0949. The molecular formula is C18H32N4O9S. The van der Waals surface area contributed by atoms with Crippen molar-refractivity contribution in [2.45, 2.75) is 69.5 Å². The van der Waals surface area contributed by atoms with E-state index in [4.69, 9.17) is 10.8 Å². The Morgan fingerprint density at radius 3 is 1.84 bits per heavy atom. The molecule has 6 unspecified atom stereocenters. The number of carboxylic acids is 2. The summed E-state index contributed by atoms with van der Waals surface area (Å²) in [4.78, 5) is 59.4. The molecule has 0 aliphatic rings. The second-order valence-corrected chi connectivity index (χ2v) is 8.15. The summed E-state index contributed by atoms with van der Waals surface area (Å²) >= 11 is 1.36. The van der Waals surface area contributed by atoms with E-state index >= 15 is 0 Å². The summed E-state index contributed by atoms with van der Waals surface area (Å²) in [6.07, 6.45) is -1.60. The molecule has 6 atom stereocenters. The van der Waals surface area contributed by atoms with Crippen molar-refractivity contribution < 1.29 is 44.4 Å². The van der Waals surface area contributed by atoms with Crippen molar-refractivity contribution in [3.05, 3.63) is 0 Å². The molecule has 0 saturated carbocycles. The van der Waals surface area contributed by atoms with Crippen molar-refractivity contribution in [3.63, 3.8) is 0 Å². The van der Waals surface area contributed by atoms with E-state index < -0.39 is 72.5 Å². The molecule has 14 heteroatoms. The predicted molar refractivity (Wildman–Crippen MR) is 115 cm³/mol. The summed E-state index contributed by atoms with van der Waals surface area (Å²) in [5, 5.41) is 44.0. The number of carboxylic acid groups (broad SMARTS) is 2. The van der Waals surface area contributed by atoms with Gasteiger partial charge in [0.25, 0.3) is 0 Å². The third kappa shape index (κ3) is 10.7. The van der Waals surface area contributed by atoms with Gasteiger partial charge in [0.2, 0.25) is 17.7 Å². The van der Waals surface area contributed by atoms with E-state index in [1.807, 2.05) is 0 Å². The predicted octanol–water partition coefficient (Wildman–Crippen LogP) is -2.77. The second-order valence-electron chi connectivity index (χ2n) is 7.17. The lowest BCUT2D eigenvalue weighted by atomic mass is 10.1. The van der Waals surface area contributed by atoms with Gasteiger partial charge in [-0.15, -0.1) is 0 Å². The third-order valence-electron chi connectivity index (χ3n) is 4.39. The quantitative estimate of drug-likeness (QED) is 0.120. The fraction of sp³-hybridized carbons (Fsp3) is 0.722. The van der Waals surface area contributed by atoms with E-state index in [1.54, 1.807) is 6.26 Å². The standard InChI is InChI=1S/C18H32N4O9S/c1-8(23)13(19)16(28)22-14(9(2)24)17(29)20-10(6-7-32-3)15(27)21-11(18(30)31)4-5-12(25)26/h8-11,13-14,23-24H,4-7,19H2,1-3H3,(H,20,29)(H,21,27)(H,22,28)(H,25,26)(H,30,31). The molecule has 0 saturated heterocycles. The molecule has 0 aliphatic heterocycles. The van der Waals surface area contributed by atoms with Crippen LogP contribution in [0.25, 0.3) is 0 Å². The first-order chi connectivity index (χ1) is 14.8. The number of amides is 3. The molecule has 0 aliphatic carbocycles. The molecule has 13 nitrogen and oxygen atoms in total. The molecule has 0 spiro atoms. The highest BCUT2D eigenvalue weighted by Gasteiger charge is 2.33. The maximum absolute atomic E-state index is 12.7. The zero-order valence-corrected chi connectivity index (χ0v) is 18.9.